The number of hydrogen-bond acceptors (Lipinski definition) is 2. The molecule has 2 unspecified atom stereocenters. The SMILES string of the molecule is CC1=Cc2cccnc2C2OC12. The Hall–Kier alpha value is -1.15. The smallest absolute Gasteiger partial charge is 0.131 e. The molecule has 0 N–H and O–H groups in total. The fourth-order valence-corrected chi connectivity index (χ4v) is 1.78. The maximum Gasteiger partial charge on any atom is 0.131 e. The van der Waals surface area contributed by atoms with Crippen LogP contribution in [0.3, 0.4) is 0 Å². The molecule has 2 heterocycles. The van der Waals surface area contributed by atoms with E-state index in [0.29, 0.717) is 6.10 Å². The molecule has 60 valence electrons. The molecule has 1 aromatic rings. The van der Waals surface area contributed by atoms with Crippen LogP contribution in [0.25, 0.3) is 6.08 Å². The maximum atomic E-state index is 5.49. The third-order valence-electron chi connectivity index (χ3n) is 2.46. The van der Waals surface area contributed by atoms with Crippen molar-refractivity contribution < 1.29 is 4.74 Å². The van der Waals surface area contributed by atoms with E-state index in [1.54, 1.807) is 0 Å². The Balaban J connectivity index is 2.23. The second-order valence-corrected chi connectivity index (χ2v) is 3.34. The highest BCUT2D eigenvalue weighted by molar-refractivity contribution is 5.61. The summed E-state index contributed by atoms with van der Waals surface area (Å²) >= 11 is 0. The lowest BCUT2D eigenvalue weighted by molar-refractivity contribution is 0.387. The quantitative estimate of drug-likeness (QED) is 0.540. The van der Waals surface area contributed by atoms with Gasteiger partial charge in [0.15, 0.2) is 0 Å². The minimum atomic E-state index is 0.256. The second-order valence-electron chi connectivity index (χ2n) is 3.34. The molecule has 0 aromatic carbocycles. The van der Waals surface area contributed by atoms with E-state index in [0.717, 1.165) is 5.69 Å². The van der Waals surface area contributed by atoms with Crippen LogP contribution in [-0.4, -0.2) is 11.1 Å². The largest absolute Gasteiger partial charge is 0.358 e. The summed E-state index contributed by atoms with van der Waals surface area (Å²) in [6.45, 7) is 2.11. The lowest BCUT2D eigenvalue weighted by atomic mass is 9.98. The van der Waals surface area contributed by atoms with Gasteiger partial charge in [0.05, 0.1) is 5.69 Å². The molecule has 12 heavy (non-hydrogen) atoms. The van der Waals surface area contributed by atoms with Gasteiger partial charge in [0.25, 0.3) is 0 Å². The Morgan fingerprint density at radius 2 is 2.33 bits per heavy atom. The highest BCUT2D eigenvalue weighted by Gasteiger charge is 2.45. The van der Waals surface area contributed by atoms with E-state index in [4.69, 9.17) is 4.74 Å². The summed E-state index contributed by atoms with van der Waals surface area (Å²) in [6, 6.07) is 4.05. The highest BCUT2D eigenvalue weighted by atomic mass is 16.6. The predicted octanol–water partition coefficient (Wildman–Crippen LogP) is 1.94. The normalized spacial score (nSPS) is 30.2. The number of rotatable bonds is 0. The fraction of sp³-hybridized carbons (Fsp3) is 0.300. The fourth-order valence-electron chi connectivity index (χ4n) is 1.78. The van der Waals surface area contributed by atoms with Crippen molar-refractivity contribution >= 4 is 6.08 Å². The zero-order valence-electron chi connectivity index (χ0n) is 6.82. The number of ether oxygens (including phenoxy) is 1. The van der Waals surface area contributed by atoms with Crippen LogP contribution >= 0.6 is 0 Å². The van der Waals surface area contributed by atoms with E-state index in [9.17, 15) is 0 Å². The van der Waals surface area contributed by atoms with Gasteiger partial charge in [-0.15, -0.1) is 0 Å². The van der Waals surface area contributed by atoms with E-state index in [2.05, 4.69) is 24.1 Å². The number of fused-ring (bicyclic) bond motifs is 3. The Morgan fingerprint density at radius 3 is 3.25 bits per heavy atom. The summed E-state index contributed by atoms with van der Waals surface area (Å²) in [4.78, 5) is 4.31. The van der Waals surface area contributed by atoms with E-state index < -0.39 is 0 Å². The van der Waals surface area contributed by atoms with Crippen molar-refractivity contribution in [3.8, 4) is 0 Å². The van der Waals surface area contributed by atoms with Crippen LogP contribution in [-0.2, 0) is 4.74 Å². The summed E-state index contributed by atoms with van der Waals surface area (Å²) in [5.41, 5.74) is 3.64. The zero-order valence-corrected chi connectivity index (χ0v) is 6.82. The Bertz CT molecular complexity index is 370. The molecule has 2 aliphatic rings. The number of nitrogens with zero attached hydrogens (tertiary/aromatic N) is 1. The molecule has 0 saturated carbocycles. The summed E-state index contributed by atoms with van der Waals surface area (Å²) in [5, 5.41) is 0. The minimum Gasteiger partial charge on any atom is -0.358 e. The Kier molecular flexibility index (Phi) is 1.04. The number of hydrogen-bond donors (Lipinski definition) is 0. The summed E-state index contributed by atoms with van der Waals surface area (Å²) in [7, 11) is 0. The maximum absolute atomic E-state index is 5.49. The van der Waals surface area contributed by atoms with Crippen molar-refractivity contribution in [2.45, 2.75) is 19.1 Å². The molecule has 1 aliphatic heterocycles. The van der Waals surface area contributed by atoms with Crippen LogP contribution in [0.15, 0.2) is 23.9 Å². The third kappa shape index (κ3) is 0.703. The highest BCUT2D eigenvalue weighted by Crippen LogP contribution is 2.47. The monoisotopic (exact) mass is 159 g/mol. The van der Waals surface area contributed by atoms with Crippen LogP contribution in [0, 0.1) is 0 Å². The molecule has 2 heteroatoms. The second kappa shape index (κ2) is 1.96. The minimum absolute atomic E-state index is 0.256. The van der Waals surface area contributed by atoms with Crippen LogP contribution in [0.2, 0.25) is 0 Å². The van der Waals surface area contributed by atoms with Crippen LogP contribution in [0.5, 0.6) is 0 Å². The first-order valence-electron chi connectivity index (χ1n) is 4.15. The van der Waals surface area contributed by atoms with E-state index in [1.807, 2.05) is 12.3 Å². The van der Waals surface area contributed by atoms with Gasteiger partial charge in [-0.25, -0.2) is 0 Å². The molecular weight excluding hydrogens is 150 g/mol. The van der Waals surface area contributed by atoms with Gasteiger partial charge in [0.1, 0.15) is 12.2 Å². The molecule has 1 aromatic heterocycles. The number of epoxide rings is 1. The summed E-state index contributed by atoms with van der Waals surface area (Å²) < 4.78 is 5.49. The molecular formula is C10H9NO. The van der Waals surface area contributed by atoms with Crippen LogP contribution in [0.1, 0.15) is 24.3 Å². The van der Waals surface area contributed by atoms with Gasteiger partial charge in [0, 0.05) is 6.20 Å². The van der Waals surface area contributed by atoms with Gasteiger partial charge >= 0.3 is 0 Å². The Labute approximate surface area is 70.9 Å². The van der Waals surface area contributed by atoms with Crippen LogP contribution in [0.4, 0.5) is 0 Å². The topological polar surface area (TPSA) is 25.4 Å². The average molecular weight is 159 g/mol. The van der Waals surface area contributed by atoms with Gasteiger partial charge in [-0.1, -0.05) is 12.1 Å². The first kappa shape index (κ1) is 6.38. The Morgan fingerprint density at radius 1 is 1.42 bits per heavy atom. The molecule has 1 aliphatic carbocycles. The standard InChI is InChI=1S/C10H9NO/c1-6-5-7-3-2-4-11-8(7)10-9(6)12-10/h2-5,9-10H,1H3. The number of pyridine rings is 1. The van der Waals surface area contributed by atoms with E-state index >= 15 is 0 Å². The van der Waals surface area contributed by atoms with E-state index in [-0.39, 0.29) is 6.10 Å². The molecule has 3 rings (SSSR count). The first-order valence-corrected chi connectivity index (χ1v) is 4.15. The van der Waals surface area contributed by atoms with Gasteiger partial charge in [0.2, 0.25) is 0 Å². The molecule has 2 atom stereocenters. The predicted molar refractivity (Wildman–Crippen MR) is 45.5 cm³/mol. The van der Waals surface area contributed by atoms with Crippen molar-refractivity contribution in [2.24, 2.45) is 0 Å². The van der Waals surface area contributed by atoms with Gasteiger partial charge in [-0.3, -0.25) is 4.98 Å². The lowest BCUT2D eigenvalue weighted by Gasteiger charge is -2.07. The van der Waals surface area contributed by atoms with Crippen molar-refractivity contribution in [1.82, 2.24) is 4.98 Å². The van der Waals surface area contributed by atoms with E-state index in [1.165, 1.54) is 11.1 Å². The molecule has 0 bridgehead atoms. The molecule has 1 fully saturated rings. The summed E-state index contributed by atoms with van der Waals surface area (Å²) in [6.07, 6.45) is 4.57. The molecule has 1 saturated heterocycles. The zero-order chi connectivity index (χ0) is 8.13. The third-order valence-corrected chi connectivity index (χ3v) is 2.46. The van der Waals surface area contributed by atoms with Crippen molar-refractivity contribution in [2.75, 3.05) is 0 Å². The van der Waals surface area contributed by atoms with Crippen LogP contribution < -0.4 is 0 Å². The summed E-state index contributed by atoms with van der Waals surface area (Å²) in [5.74, 6) is 0. The average Bonchev–Trinajstić information content (AvgIpc) is 2.84. The molecule has 0 amide bonds. The molecule has 0 radical (unpaired) electrons. The molecule has 0 spiro atoms. The van der Waals surface area contributed by atoms with Gasteiger partial charge < -0.3 is 4.74 Å². The van der Waals surface area contributed by atoms with Crippen molar-refractivity contribution in [1.29, 1.82) is 0 Å². The van der Waals surface area contributed by atoms with Crippen molar-refractivity contribution in [3.05, 3.63) is 35.2 Å². The first-order chi connectivity index (χ1) is 5.86. The number of aromatic nitrogens is 1. The van der Waals surface area contributed by atoms with Gasteiger partial charge in [-0.05, 0) is 24.1 Å². The van der Waals surface area contributed by atoms with Crippen molar-refractivity contribution in [3.63, 3.8) is 0 Å². The van der Waals surface area contributed by atoms with Gasteiger partial charge in [-0.2, -0.15) is 0 Å². The molecule has 2 nitrogen and oxygen atoms in total. The lowest BCUT2D eigenvalue weighted by Crippen LogP contribution is -2.01.